The topological polar surface area (TPSA) is 72.5 Å². The minimum atomic E-state index is -0.528. The van der Waals surface area contributed by atoms with Crippen molar-refractivity contribution in [2.24, 2.45) is 0 Å². The van der Waals surface area contributed by atoms with Crippen LogP contribution in [0.5, 0.6) is 0 Å². The van der Waals surface area contributed by atoms with E-state index in [9.17, 15) is 14.0 Å². The molecule has 27 heavy (non-hydrogen) atoms. The van der Waals surface area contributed by atoms with E-state index in [4.69, 9.17) is 8.83 Å². The first kappa shape index (κ1) is 16.8. The van der Waals surface area contributed by atoms with E-state index in [1.165, 1.54) is 24.5 Å². The molecule has 4 rings (SSSR count). The van der Waals surface area contributed by atoms with Gasteiger partial charge >= 0.3 is 0 Å². The van der Waals surface area contributed by atoms with Gasteiger partial charge in [-0.3, -0.25) is 9.59 Å². The van der Waals surface area contributed by atoms with Crippen molar-refractivity contribution in [3.05, 3.63) is 89.3 Å². The molecule has 1 amide bonds. The Morgan fingerprint density at radius 2 is 1.85 bits per heavy atom. The average Bonchev–Trinajstić information content (AvgIpc) is 3.32. The highest BCUT2D eigenvalue weighted by molar-refractivity contribution is 6.18. The normalized spacial score (nSPS) is 10.9. The third kappa shape index (κ3) is 3.01. The number of rotatable bonds is 4. The van der Waals surface area contributed by atoms with Crippen LogP contribution < -0.4 is 5.32 Å². The number of carbonyl (C=O) groups is 2. The molecule has 0 radical (unpaired) electrons. The number of halogens is 1. The Bertz CT molecular complexity index is 1160. The van der Waals surface area contributed by atoms with Gasteiger partial charge in [-0.05, 0) is 42.8 Å². The maximum absolute atomic E-state index is 13.9. The summed E-state index contributed by atoms with van der Waals surface area (Å²) in [7, 11) is 0. The highest BCUT2D eigenvalue weighted by Crippen LogP contribution is 2.33. The van der Waals surface area contributed by atoms with E-state index < -0.39 is 17.5 Å². The van der Waals surface area contributed by atoms with Crippen LogP contribution in [0.3, 0.4) is 0 Å². The Morgan fingerprint density at radius 3 is 2.59 bits per heavy atom. The van der Waals surface area contributed by atoms with Gasteiger partial charge in [0.25, 0.3) is 5.91 Å². The number of hydrogen-bond acceptors (Lipinski definition) is 4. The number of fused-ring (bicyclic) bond motifs is 1. The first-order valence-corrected chi connectivity index (χ1v) is 8.22. The van der Waals surface area contributed by atoms with Crippen molar-refractivity contribution in [1.82, 2.24) is 0 Å². The van der Waals surface area contributed by atoms with Gasteiger partial charge in [0.2, 0.25) is 5.78 Å². The number of aryl methyl sites for hydroxylation is 1. The summed E-state index contributed by atoms with van der Waals surface area (Å²) in [4.78, 5) is 25.3. The van der Waals surface area contributed by atoms with E-state index in [0.29, 0.717) is 16.5 Å². The van der Waals surface area contributed by atoms with Crippen LogP contribution in [0.25, 0.3) is 11.0 Å². The zero-order chi connectivity index (χ0) is 19.0. The van der Waals surface area contributed by atoms with Gasteiger partial charge in [0.1, 0.15) is 11.4 Å². The molecule has 2 heterocycles. The Labute approximate surface area is 153 Å². The molecule has 2 aromatic heterocycles. The van der Waals surface area contributed by atoms with Gasteiger partial charge in [0.05, 0.1) is 12.0 Å². The molecule has 0 bridgehead atoms. The fourth-order valence-corrected chi connectivity index (χ4v) is 2.78. The van der Waals surface area contributed by atoms with Gasteiger partial charge in [-0.1, -0.05) is 24.3 Å². The van der Waals surface area contributed by atoms with Crippen LogP contribution in [0.4, 0.5) is 10.1 Å². The van der Waals surface area contributed by atoms with Crippen LogP contribution in [0.2, 0.25) is 0 Å². The monoisotopic (exact) mass is 363 g/mol. The Balaban J connectivity index is 1.81. The number of hydrogen-bond donors (Lipinski definition) is 1. The molecule has 4 aromatic rings. The van der Waals surface area contributed by atoms with Crippen molar-refractivity contribution in [2.45, 2.75) is 6.92 Å². The quantitative estimate of drug-likeness (QED) is 0.520. The number of carbonyl (C=O) groups excluding carboxylic acids is 2. The summed E-state index contributed by atoms with van der Waals surface area (Å²) >= 11 is 0. The predicted octanol–water partition coefficient (Wildman–Crippen LogP) is 4.96. The van der Waals surface area contributed by atoms with Crippen molar-refractivity contribution in [1.29, 1.82) is 0 Å². The summed E-state index contributed by atoms with van der Waals surface area (Å²) < 4.78 is 24.7. The van der Waals surface area contributed by atoms with Gasteiger partial charge in [-0.2, -0.15) is 0 Å². The summed E-state index contributed by atoms with van der Waals surface area (Å²) in [5.74, 6) is -1.51. The molecule has 0 aliphatic heterocycles. The molecule has 5 nitrogen and oxygen atoms in total. The minimum Gasteiger partial charge on any atom is -0.459 e. The van der Waals surface area contributed by atoms with Crippen molar-refractivity contribution < 1.29 is 22.8 Å². The first-order chi connectivity index (χ1) is 13.0. The summed E-state index contributed by atoms with van der Waals surface area (Å²) in [6, 6.07) is 14.2. The van der Waals surface area contributed by atoms with Crippen molar-refractivity contribution in [2.75, 3.05) is 5.32 Å². The lowest BCUT2D eigenvalue weighted by Crippen LogP contribution is -2.13. The molecule has 134 valence electrons. The lowest BCUT2D eigenvalue weighted by Gasteiger charge is -2.05. The third-order valence-electron chi connectivity index (χ3n) is 4.22. The Kier molecular flexibility index (Phi) is 4.08. The average molecular weight is 363 g/mol. The molecule has 0 fully saturated rings. The Morgan fingerprint density at radius 1 is 1.04 bits per heavy atom. The van der Waals surface area contributed by atoms with Crippen LogP contribution in [0.15, 0.2) is 69.7 Å². The van der Waals surface area contributed by atoms with Gasteiger partial charge in [0, 0.05) is 10.9 Å². The number of para-hydroxylation sites is 1. The minimum absolute atomic E-state index is 0.0700. The molecule has 1 N–H and O–H groups in total. The standard InChI is InChI=1S/C21H14FNO4/c1-12-8-9-13(11-15(12)22)19(24)20-18(14-5-2-3-6-16(14)27-20)23-21(25)17-7-4-10-26-17/h2-11H,1H3,(H,23,25). The third-order valence-corrected chi connectivity index (χ3v) is 4.22. The smallest absolute Gasteiger partial charge is 0.291 e. The van der Waals surface area contributed by atoms with Crippen LogP contribution >= 0.6 is 0 Å². The number of furan rings is 2. The SMILES string of the molecule is Cc1ccc(C(=O)c2oc3ccccc3c2NC(=O)c2ccco2)cc1F. The molecule has 6 heteroatoms. The van der Waals surface area contributed by atoms with Crippen molar-refractivity contribution in [3.63, 3.8) is 0 Å². The molecular formula is C21H14FNO4. The van der Waals surface area contributed by atoms with E-state index in [1.54, 1.807) is 37.3 Å². The molecule has 0 saturated heterocycles. The van der Waals surface area contributed by atoms with E-state index in [1.807, 2.05) is 0 Å². The second kappa shape index (κ2) is 6.57. The number of amides is 1. The molecule has 0 unspecified atom stereocenters. The maximum atomic E-state index is 13.9. The maximum Gasteiger partial charge on any atom is 0.291 e. The zero-order valence-electron chi connectivity index (χ0n) is 14.3. The molecule has 0 aliphatic carbocycles. The lowest BCUT2D eigenvalue weighted by atomic mass is 10.0. The molecule has 0 spiro atoms. The van der Waals surface area contributed by atoms with Gasteiger partial charge in [0.15, 0.2) is 11.5 Å². The number of nitrogens with one attached hydrogen (secondary N) is 1. The lowest BCUT2D eigenvalue weighted by molar-refractivity contribution is 0.0996. The van der Waals surface area contributed by atoms with Crippen molar-refractivity contribution >= 4 is 28.3 Å². The van der Waals surface area contributed by atoms with Gasteiger partial charge < -0.3 is 14.2 Å². The summed E-state index contributed by atoms with van der Waals surface area (Å²) in [6.45, 7) is 1.61. The zero-order valence-corrected chi connectivity index (χ0v) is 14.3. The van der Waals surface area contributed by atoms with Crippen LogP contribution in [-0.2, 0) is 0 Å². The largest absolute Gasteiger partial charge is 0.459 e. The van der Waals surface area contributed by atoms with Gasteiger partial charge in [-0.15, -0.1) is 0 Å². The second-order valence-corrected chi connectivity index (χ2v) is 6.03. The highest BCUT2D eigenvalue weighted by Gasteiger charge is 2.24. The van der Waals surface area contributed by atoms with Crippen LogP contribution in [0, 0.1) is 12.7 Å². The van der Waals surface area contributed by atoms with Crippen LogP contribution in [0.1, 0.15) is 32.2 Å². The van der Waals surface area contributed by atoms with E-state index in [2.05, 4.69) is 5.32 Å². The first-order valence-electron chi connectivity index (χ1n) is 8.22. The molecule has 0 saturated carbocycles. The summed E-state index contributed by atoms with van der Waals surface area (Å²) in [5.41, 5.74) is 1.22. The van der Waals surface area contributed by atoms with Crippen LogP contribution in [-0.4, -0.2) is 11.7 Å². The number of ketones is 1. The highest BCUT2D eigenvalue weighted by atomic mass is 19.1. The second-order valence-electron chi connectivity index (χ2n) is 6.03. The van der Waals surface area contributed by atoms with E-state index >= 15 is 0 Å². The fraction of sp³-hybridized carbons (Fsp3) is 0.0476. The fourth-order valence-electron chi connectivity index (χ4n) is 2.78. The predicted molar refractivity (Wildman–Crippen MR) is 97.4 cm³/mol. The van der Waals surface area contributed by atoms with E-state index in [0.717, 1.165) is 6.07 Å². The van der Waals surface area contributed by atoms with E-state index in [-0.39, 0.29) is 22.8 Å². The van der Waals surface area contributed by atoms with Gasteiger partial charge in [-0.25, -0.2) is 4.39 Å². The molecular weight excluding hydrogens is 349 g/mol. The Hall–Kier alpha value is -3.67. The number of benzene rings is 2. The number of anilines is 1. The summed E-state index contributed by atoms with van der Waals surface area (Å²) in [6.07, 6.45) is 1.38. The molecule has 0 aliphatic rings. The molecule has 0 atom stereocenters. The van der Waals surface area contributed by atoms with Crippen molar-refractivity contribution in [3.8, 4) is 0 Å². The summed E-state index contributed by atoms with van der Waals surface area (Å²) in [5, 5.41) is 3.23. The molecule has 2 aromatic carbocycles.